The van der Waals surface area contributed by atoms with Crippen LogP contribution in [0.4, 0.5) is 34.9 Å². The van der Waals surface area contributed by atoms with Crippen LogP contribution in [0, 0.1) is 6.92 Å². The number of nitrogens with zero attached hydrogens (tertiary/aromatic N) is 6. The Kier molecular flexibility index (Phi) is 11.0. The number of anilines is 6. The van der Waals surface area contributed by atoms with Gasteiger partial charge in [-0.2, -0.15) is 9.97 Å². The molecule has 0 aliphatic carbocycles. The molecular formula is C40H44N10O. The van der Waals surface area contributed by atoms with Crippen molar-refractivity contribution in [1.29, 1.82) is 0 Å². The number of rotatable bonds is 14. The number of ether oxygens (including phenoxy) is 1. The lowest BCUT2D eigenvalue weighted by Gasteiger charge is -2.19. The highest BCUT2D eigenvalue weighted by Gasteiger charge is 2.14. The summed E-state index contributed by atoms with van der Waals surface area (Å²) in [5.74, 6) is 2.42. The molecule has 51 heavy (non-hydrogen) atoms. The van der Waals surface area contributed by atoms with Crippen molar-refractivity contribution in [2.24, 2.45) is 0 Å². The lowest BCUT2D eigenvalue weighted by molar-refractivity contribution is 0.315. The maximum Gasteiger partial charge on any atom is 0.222 e. The summed E-state index contributed by atoms with van der Waals surface area (Å²) in [7, 11) is 5.79. The maximum absolute atomic E-state index is 6.14. The molecule has 260 valence electrons. The number of hydrogen-bond acceptors (Lipinski definition) is 11. The first-order chi connectivity index (χ1) is 24.7. The number of nitrogens with one attached hydrogen (secondary N) is 2. The van der Waals surface area contributed by atoms with E-state index in [2.05, 4.69) is 110 Å². The zero-order chi connectivity index (χ0) is 35.7. The molecule has 6 N–H and O–H groups in total. The third-order valence-corrected chi connectivity index (χ3v) is 8.24. The number of aromatic nitrogens is 4. The van der Waals surface area contributed by atoms with Crippen molar-refractivity contribution in [2.45, 2.75) is 33.1 Å². The molecule has 0 atom stereocenters. The van der Waals surface area contributed by atoms with Gasteiger partial charge in [-0.25, -0.2) is 9.97 Å². The van der Waals surface area contributed by atoms with Crippen LogP contribution in [0.2, 0.25) is 0 Å². The van der Waals surface area contributed by atoms with Crippen LogP contribution in [0.15, 0.2) is 109 Å². The van der Waals surface area contributed by atoms with E-state index in [9.17, 15) is 0 Å². The molecular weight excluding hydrogens is 637 g/mol. The molecule has 0 aliphatic rings. The van der Waals surface area contributed by atoms with Crippen molar-refractivity contribution in [3.05, 3.63) is 137 Å². The molecule has 0 spiro atoms. The highest BCUT2D eigenvalue weighted by Crippen LogP contribution is 2.38. The largest absolute Gasteiger partial charge is 0.494 e. The Morgan fingerprint density at radius 3 is 1.80 bits per heavy atom. The van der Waals surface area contributed by atoms with E-state index in [1.807, 2.05) is 60.7 Å². The summed E-state index contributed by atoms with van der Waals surface area (Å²) in [4.78, 5) is 22.2. The summed E-state index contributed by atoms with van der Waals surface area (Å²) < 4.78 is 5.94. The van der Waals surface area contributed by atoms with Gasteiger partial charge >= 0.3 is 0 Å². The van der Waals surface area contributed by atoms with E-state index in [0.717, 1.165) is 58.1 Å². The Hall–Kier alpha value is -6.04. The number of nitrogen functional groups attached to an aromatic ring is 2. The minimum atomic E-state index is 0.210. The number of benzene rings is 4. The third-order valence-electron chi connectivity index (χ3n) is 8.24. The number of para-hydroxylation sites is 1. The first-order valence-electron chi connectivity index (χ1n) is 16.8. The monoisotopic (exact) mass is 680 g/mol. The Morgan fingerprint density at radius 1 is 0.608 bits per heavy atom. The molecule has 0 bridgehead atoms. The molecule has 0 radical (unpaired) electrons. The van der Waals surface area contributed by atoms with Crippen molar-refractivity contribution in [1.82, 2.24) is 29.7 Å². The first-order valence-corrected chi connectivity index (χ1v) is 16.8. The van der Waals surface area contributed by atoms with Gasteiger partial charge < -0.3 is 26.8 Å². The smallest absolute Gasteiger partial charge is 0.222 e. The minimum Gasteiger partial charge on any atom is -0.494 e. The van der Waals surface area contributed by atoms with Gasteiger partial charge in [0.25, 0.3) is 0 Å². The maximum atomic E-state index is 6.14. The molecule has 0 aliphatic heterocycles. The Bertz CT molecular complexity index is 2070. The van der Waals surface area contributed by atoms with Gasteiger partial charge in [0.05, 0.1) is 24.2 Å². The summed E-state index contributed by atoms with van der Waals surface area (Å²) >= 11 is 0. The second-order valence-corrected chi connectivity index (χ2v) is 12.7. The van der Waals surface area contributed by atoms with E-state index < -0.39 is 0 Å². The molecule has 11 heteroatoms. The zero-order valence-corrected chi connectivity index (χ0v) is 29.5. The van der Waals surface area contributed by atoms with E-state index in [0.29, 0.717) is 30.5 Å². The average Bonchev–Trinajstić information content (AvgIpc) is 3.08. The van der Waals surface area contributed by atoms with Crippen LogP contribution in [-0.4, -0.2) is 50.9 Å². The van der Waals surface area contributed by atoms with Crippen molar-refractivity contribution < 1.29 is 4.74 Å². The summed E-state index contributed by atoms with van der Waals surface area (Å²) in [5.41, 5.74) is 21.1. The highest BCUT2D eigenvalue weighted by molar-refractivity contribution is 5.80. The van der Waals surface area contributed by atoms with Crippen molar-refractivity contribution in [3.63, 3.8) is 0 Å². The van der Waals surface area contributed by atoms with Gasteiger partial charge in [0.1, 0.15) is 17.4 Å². The van der Waals surface area contributed by atoms with Gasteiger partial charge in [-0.05, 0) is 61.5 Å². The number of nitrogens with two attached hydrogens (primary N) is 2. The Balaban J connectivity index is 1.11. The molecule has 4 aromatic carbocycles. The fraction of sp³-hybridized carbons (Fsp3) is 0.200. The molecule has 0 amide bonds. The molecule has 0 fully saturated rings. The Morgan fingerprint density at radius 2 is 1.20 bits per heavy atom. The summed E-state index contributed by atoms with van der Waals surface area (Å²) in [6.07, 6.45) is 0. The predicted octanol–water partition coefficient (Wildman–Crippen LogP) is 7.17. The average molecular weight is 681 g/mol. The summed E-state index contributed by atoms with van der Waals surface area (Å²) in [5, 5.41) is 6.76. The lowest BCUT2D eigenvalue weighted by atomic mass is 10.0. The quantitative estimate of drug-likeness (QED) is 0.0930. The molecule has 0 saturated carbocycles. The fourth-order valence-corrected chi connectivity index (χ4v) is 6.08. The van der Waals surface area contributed by atoms with Crippen LogP contribution < -0.4 is 26.8 Å². The van der Waals surface area contributed by atoms with Crippen molar-refractivity contribution in [2.75, 3.05) is 43.3 Å². The molecule has 0 saturated heterocycles. The van der Waals surface area contributed by atoms with E-state index in [4.69, 9.17) is 16.2 Å². The van der Waals surface area contributed by atoms with Gasteiger partial charge in [0.2, 0.25) is 11.9 Å². The number of hydrogen-bond donors (Lipinski definition) is 4. The van der Waals surface area contributed by atoms with Crippen LogP contribution in [0.25, 0.3) is 11.1 Å². The van der Waals surface area contributed by atoms with Crippen LogP contribution in [0.5, 0.6) is 5.75 Å². The van der Waals surface area contributed by atoms with E-state index in [1.165, 1.54) is 5.56 Å². The SMILES string of the molecule is COc1c(Nc2cc(CN(C)Cc3ccccc3)nc(N)n2)cccc1-c1ccc(CN(C)Cc2cc(Nc3cccc(C)c3)nc(N)n2)cc1. The summed E-state index contributed by atoms with van der Waals surface area (Å²) in [6, 6.07) is 36.8. The number of aryl methyl sites for hydroxylation is 1. The molecule has 2 heterocycles. The van der Waals surface area contributed by atoms with Crippen LogP contribution in [0.1, 0.15) is 28.1 Å². The van der Waals surface area contributed by atoms with E-state index in [-0.39, 0.29) is 11.9 Å². The van der Waals surface area contributed by atoms with Crippen molar-refractivity contribution in [3.8, 4) is 16.9 Å². The minimum absolute atomic E-state index is 0.210. The standard InChI is InChI=1S/C40H44N10O/c1-27-10-8-13-31(20-27)43-36-21-32(44-39(41)47-36)25-50(3)24-29-16-18-30(19-17-29)34-14-9-15-35(38(34)51-4)46-37-22-33(45-40(42)48-37)26-49(2)23-28-11-6-5-7-12-28/h5-22H,23-26H2,1-4H3,(H3,41,43,44,47)(H3,42,45,46,48). The molecule has 6 aromatic rings. The molecule has 2 aromatic heterocycles. The first kappa shape index (κ1) is 34.8. The second-order valence-electron chi connectivity index (χ2n) is 12.7. The predicted molar refractivity (Wildman–Crippen MR) is 206 cm³/mol. The van der Waals surface area contributed by atoms with Gasteiger partial charge in [-0.15, -0.1) is 0 Å². The topological polar surface area (TPSA) is 143 Å². The van der Waals surface area contributed by atoms with Crippen LogP contribution in [-0.2, 0) is 26.2 Å². The van der Waals surface area contributed by atoms with Crippen LogP contribution in [0.3, 0.4) is 0 Å². The molecule has 0 unspecified atom stereocenters. The normalized spacial score (nSPS) is 11.2. The molecule has 11 nitrogen and oxygen atoms in total. The zero-order valence-electron chi connectivity index (χ0n) is 29.5. The van der Waals surface area contributed by atoms with E-state index in [1.54, 1.807) is 7.11 Å². The van der Waals surface area contributed by atoms with Gasteiger partial charge in [0, 0.05) is 49.6 Å². The third kappa shape index (κ3) is 9.56. The fourth-order valence-electron chi connectivity index (χ4n) is 6.08. The summed E-state index contributed by atoms with van der Waals surface area (Å²) in [6.45, 7) is 4.80. The van der Waals surface area contributed by atoms with E-state index >= 15 is 0 Å². The van der Waals surface area contributed by atoms with Gasteiger partial charge in [0.15, 0.2) is 0 Å². The molecule has 6 rings (SSSR count). The lowest BCUT2D eigenvalue weighted by Crippen LogP contribution is -2.18. The van der Waals surface area contributed by atoms with Crippen LogP contribution >= 0.6 is 0 Å². The highest BCUT2D eigenvalue weighted by atomic mass is 16.5. The number of methoxy groups -OCH3 is 1. The Labute approximate surface area is 299 Å². The van der Waals surface area contributed by atoms with Gasteiger partial charge in [-0.3, -0.25) is 9.80 Å². The second kappa shape index (κ2) is 16.1. The van der Waals surface area contributed by atoms with Gasteiger partial charge in [-0.1, -0.05) is 78.9 Å². The van der Waals surface area contributed by atoms with Crippen molar-refractivity contribution >= 4 is 34.9 Å².